The molecule has 0 unspecified atom stereocenters. The van der Waals surface area contributed by atoms with E-state index in [0.29, 0.717) is 15.0 Å². The minimum atomic E-state index is 0.360. The van der Waals surface area contributed by atoms with Crippen molar-refractivity contribution in [2.24, 2.45) is 0 Å². The molecule has 0 fully saturated rings. The van der Waals surface area contributed by atoms with Crippen molar-refractivity contribution in [3.63, 3.8) is 0 Å². The van der Waals surface area contributed by atoms with Crippen LogP contribution in [0.5, 0.6) is 0 Å². The summed E-state index contributed by atoms with van der Waals surface area (Å²) in [5, 5.41) is 0. The normalized spacial score (nSPS) is 10.2. The Morgan fingerprint density at radius 3 is 1.76 bits per heavy atom. The van der Waals surface area contributed by atoms with E-state index in [4.69, 9.17) is 5.73 Å². The number of benzene rings is 2. The van der Waals surface area contributed by atoms with Crippen molar-refractivity contribution in [3.8, 4) is 0 Å². The Morgan fingerprint density at radius 2 is 1.29 bits per heavy atom. The molecule has 0 bridgehead atoms. The number of nitrogen functional groups attached to an aromatic ring is 1. The molecular formula is C14H16N2Se. The third-order valence-electron chi connectivity index (χ3n) is 2.47. The predicted octanol–water partition coefficient (Wildman–Crippen LogP) is 0.990. The van der Waals surface area contributed by atoms with Crippen molar-refractivity contribution in [1.29, 1.82) is 0 Å². The Bertz CT molecular complexity index is 475. The maximum absolute atomic E-state index is 5.67. The van der Waals surface area contributed by atoms with E-state index < -0.39 is 0 Å². The Morgan fingerprint density at radius 1 is 0.824 bits per heavy atom. The first kappa shape index (κ1) is 12.0. The zero-order valence-corrected chi connectivity index (χ0v) is 11.8. The molecule has 0 atom stereocenters. The zero-order chi connectivity index (χ0) is 12.3. The molecule has 0 saturated carbocycles. The second kappa shape index (κ2) is 5.26. The van der Waals surface area contributed by atoms with Gasteiger partial charge in [-0.2, -0.15) is 0 Å². The number of hydrogen-bond donors (Lipinski definition) is 1. The number of hydrogen-bond acceptors (Lipinski definition) is 2. The van der Waals surface area contributed by atoms with Crippen LogP contribution < -0.4 is 19.6 Å². The molecule has 3 heteroatoms. The van der Waals surface area contributed by atoms with Gasteiger partial charge in [-0.05, 0) is 0 Å². The van der Waals surface area contributed by atoms with Crippen molar-refractivity contribution < 1.29 is 0 Å². The maximum atomic E-state index is 5.67. The topological polar surface area (TPSA) is 29.3 Å². The Kier molecular flexibility index (Phi) is 3.72. The van der Waals surface area contributed by atoms with Crippen LogP contribution in [0.25, 0.3) is 0 Å². The van der Waals surface area contributed by atoms with Gasteiger partial charge < -0.3 is 0 Å². The molecule has 0 spiro atoms. The van der Waals surface area contributed by atoms with Crippen LogP contribution >= 0.6 is 0 Å². The predicted molar refractivity (Wildman–Crippen MR) is 76.6 cm³/mol. The molecule has 0 heterocycles. The Hall–Kier alpha value is -1.44. The third-order valence-corrected chi connectivity index (χ3v) is 4.60. The second-order valence-corrected chi connectivity index (χ2v) is 6.47. The van der Waals surface area contributed by atoms with E-state index in [9.17, 15) is 0 Å². The molecular weight excluding hydrogens is 275 g/mol. The summed E-state index contributed by atoms with van der Waals surface area (Å²) in [6, 6.07) is 16.9. The van der Waals surface area contributed by atoms with Crippen molar-refractivity contribution in [2.75, 3.05) is 24.7 Å². The third kappa shape index (κ3) is 3.26. The summed E-state index contributed by atoms with van der Waals surface area (Å²) in [5.41, 5.74) is 7.74. The van der Waals surface area contributed by atoms with Crippen LogP contribution in [0.4, 0.5) is 11.4 Å². The molecule has 0 aliphatic rings. The van der Waals surface area contributed by atoms with Gasteiger partial charge in [-0.1, -0.05) is 0 Å². The van der Waals surface area contributed by atoms with Crippen LogP contribution in [0.2, 0.25) is 0 Å². The first-order valence-electron chi connectivity index (χ1n) is 5.46. The van der Waals surface area contributed by atoms with Gasteiger partial charge in [0.2, 0.25) is 0 Å². The van der Waals surface area contributed by atoms with E-state index in [2.05, 4.69) is 55.4 Å². The fraction of sp³-hybridized carbons (Fsp3) is 0.143. The molecule has 0 aliphatic heterocycles. The van der Waals surface area contributed by atoms with Gasteiger partial charge in [0.05, 0.1) is 0 Å². The molecule has 0 aliphatic carbocycles. The molecule has 2 rings (SSSR count). The van der Waals surface area contributed by atoms with Crippen molar-refractivity contribution >= 4 is 35.3 Å². The van der Waals surface area contributed by atoms with E-state index in [1.54, 1.807) is 0 Å². The van der Waals surface area contributed by atoms with E-state index in [1.807, 2.05) is 12.1 Å². The summed E-state index contributed by atoms with van der Waals surface area (Å²) in [4.78, 5) is 2.11. The summed E-state index contributed by atoms with van der Waals surface area (Å²) in [6.45, 7) is 0. The first-order chi connectivity index (χ1) is 8.15. The average molecular weight is 291 g/mol. The van der Waals surface area contributed by atoms with Crippen molar-refractivity contribution in [3.05, 3.63) is 48.5 Å². The van der Waals surface area contributed by atoms with Crippen LogP contribution in [0.1, 0.15) is 0 Å². The SMILES string of the molecule is CN(C)c1ccc([Se]c2ccc(N)cc2)cc1. The van der Waals surface area contributed by atoms with Gasteiger partial charge >= 0.3 is 109 Å². The molecule has 2 aromatic rings. The number of rotatable bonds is 3. The Balaban J connectivity index is 2.11. The standard InChI is InChI=1S/C14H16N2Se/c1-16(2)12-5-9-14(10-6-12)17-13-7-3-11(15)4-8-13/h3-10H,15H2,1-2H3. The number of anilines is 2. The van der Waals surface area contributed by atoms with Gasteiger partial charge in [-0.25, -0.2) is 0 Å². The molecule has 0 aromatic heterocycles. The Labute approximate surface area is 109 Å². The van der Waals surface area contributed by atoms with Crippen LogP contribution in [0.15, 0.2) is 48.5 Å². The van der Waals surface area contributed by atoms with E-state index >= 15 is 0 Å². The quantitative estimate of drug-likeness (QED) is 0.675. The van der Waals surface area contributed by atoms with Crippen LogP contribution in [-0.2, 0) is 0 Å². The van der Waals surface area contributed by atoms with Gasteiger partial charge in [-0.15, -0.1) is 0 Å². The van der Waals surface area contributed by atoms with Gasteiger partial charge in [0.1, 0.15) is 0 Å². The van der Waals surface area contributed by atoms with Gasteiger partial charge in [-0.3, -0.25) is 0 Å². The summed E-state index contributed by atoms with van der Waals surface area (Å²) in [6.07, 6.45) is 0. The van der Waals surface area contributed by atoms with Crippen molar-refractivity contribution in [2.45, 2.75) is 0 Å². The summed E-state index contributed by atoms with van der Waals surface area (Å²) < 4.78 is 2.73. The monoisotopic (exact) mass is 292 g/mol. The summed E-state index contributed by atoms with van der Waals surface area (Å²) >= 11 is 0.360. The van der Waals surface area contributed by atoms with E-state index in [-0.39, 0.29) is 0 Å². The molecule has 0 amide bonds. The van der Waals surface area contributed by atoms with Crippen LogP contribution in [0.3, 0.4) is 0 Å². The fourth-order valence-electron chi connectivity index (χ4n) is 1.48. The molecule has 0 saturated heterocycles. The molecule has 0 radical (unpaired) electrons. The van der Waals surface area contributed by atoms with Gasteiger partial charge in [0.15, 0.2) is 0 Å². The second-order valence-electron chi connectivity index (χ2n) is 4.06. The summed E-state index contributed by atoms with van der Waals surface area (Å²) in [7, 11) is 4.11. The molecule has 2 aromatic carbocycles. The molecule has 17 heavy (non-hydrogen) atoms. The van der Waals surface area contributed by atoms with Gasteiger partial charge in [0.25, 0.3) is 0 Å². The number of nitrogens with zero attached hydrogens (tertiary/aromatic N) is 1. The molecule has 2 nitrogen and oxygen atoms in total. The van der Waals surface area contributed by atoms with E-state index in [0.717, 1.165) is 5.69 Å². The zero-order valence-electron chi connectivity index (χ0n) is 10.1. The fourth-order valence-corrected chi connectivity index (χ4v) is 3.20. The van der Waals surface area contributed by atoms with Crippen molar-refractivity contribution in [1.82, 2.24) is 0 Å². The minimum absolute atomic E-state index is 0.360. The molecule has 2 N–H and O–H groups in total. The molecule has 88 valence electrons. The summed E-state index contributed by atoms with van der Waals surface area (Å²) in [5.74, 6) is 0. The van der Waals surface area contributed by atoms with Crippen LogP contribution in [0, 0.1) is 0 Å². The van der Waals surface area contributed by atoms with Gasteiger partial charge in [0, 0.05) is 0 Å². The van der Waals surface area contributed by atoms with Crippen LogP contribution in [-0.4, -0.2) is 29.1 Å². The van der Waals surface area contributed by atoms with E-state index in [1.165, 1.54) is 14.6 Å². The average Bonchev–Trinajstić information content (AvgIpc) is 2.33. The number of nitrogens with two attached hydrogens (primary N) is 1. The first-order valence-corrected chi connectivity index (χ1v) is 7.17.